The maximum absolute atomic E-state index is 11.8. The molecule has 0 aliphatic carbocycles. The second-order valence-corrected chi connectivity index (χ2v) is 2.95. The zero-order chi connectivity index (χ0) is 10.8. The molecule has 1 aromatic rings. The molecule has 2 N–H and O–H groups in total. The Bertz CT molecular complexity index is 295. The van der Waals surface area contributed by atoms with E-state index in [4.69, 9.17) is 5.73 Å². The number of hydrogen-bond donors (Lipinski definition) is 1. The number of nitrogens with zero attached hydrogens (tertiary/aromatic N) is 2. The first-order chi connectivity index (χ1) is 6.38. The van der Waals surface area contributed by atoms with Gasteiger partial charge in [0.1, 0.15) is 0 Å². The Labute approximate surface area is 78.3 Å². The molecule has 0 bridgehead atoms. The maximum Gasteiger partial charge on any atom is 0.389 e. The first kappa shape index (κ1) is 11.0. The quantitative estimate of drug-likeness (QED) is 0.820. The van der Waals surface area contributed by atoms with Crippen molar-refractivity contribution >= 4 is 0 Å². The summed E-state index contributed by atoms with van der Waals surface area (Å²) in [7, 11) is 0. The zero-order valence-corrected chi connectivity index (χ0v) is 7.51. The average Bonchev–Trinajstić information content (AvgIpc) is 2.47. The van der Waals surface area contributed by atoms with Gasteiger partial charge >= 0.3 is 6.18 Å². The van der Waals surface area contributed by atoms with Gasteiger partial charge in [0.2, 0.25) is 5.89 Å². The summed E-state index contributed by atoms with van der Waals surface area (Å²) in [5.41, 5.74) is 5.39. The molecule has 14 heavy (non-hydrogen) atoms. The number of rotatable bonds is 3. The number of halogens is 3. The molecule has 1 rings (SSSR count). The third-order valence-electron chi connectivity index (χ3n) is 1.51. The first-order valence-electron chi connectivity index (χ1n) is 4.03. The van der Waals surface area contributed by atoms with E-state index in [0.717, 1.165) is 0 Å². The fourth-order valence-corrected chi connectivity index (χ4v) is 0.808. The Kier molecular flexibility index (Phi) is 3.10. The number of aromatic nitrogens is 2. The van der Waals surface area contributed by atoms with Gasteiger partial charge < -0.3 is 10.3 Å². The van der Waals surface area contributed by atoms with Crippen LogP contribution in [0.2, 0.25) is 0 Å². The van der Waals surface area contributed by atoms with Crippen molar-refractivity contribution in [1.82, 2.24) is 10.1 Å². The molecule has 0 unspecified atom stereocenters. The Morgan fingerprint density at radius 3 is 2.57 bits per heavy atom. The molecule has 0 aliphatic rings. The van der Waals surface area contributed by atoms with Gasteiger partial charge in [-0.3, -0.25) is 0 Å². The van der Waals surface area contributed by atoms with Crippen LogP contribution in [0.1, 0.15) is 31.1 Å². The molecule has 0 saturated heterocycles. The average molecular weight is 209 g/mol. The predicted molar refractivity (Wildman–Crippen MR) is 41.3 cm³/mol. The third kappa shape index (κ3) is 3.33. The fourth-order valence-electron chi connectivity index (χ4n) is 0.808. The monoisotopic (exact) mass is 209 g/mol. The van der Waals surface area contributed by atoms with E-state index < -0.39 is 18.6 Å². The van der Waals surface area contributed by atoms with Gasteiger partial charge in [0.15, 0.2) is 5.82 Å². The van der Waals surface area contributed by atoms with Crippen molar-refractivity contribution in [2.45, 2.75) is 32.0 Å². The van der Waals surface area contributed by atoms with Gasteiger partial charge in [0.05, 0.1) is 12.5 Å². The van der Waals surface area contributed by atoms with Crippen molar-refractivity contribution in [2.75, 3.05) is 0 Å². The molecule has 7 heteroatoms. The van der Waals surface area contributed by atoms with E-state index in [1.54, 1.807) is 6.92 Å². The van der Waals surface area contributed by atoms with Gasteiger partial charge in [0, 0.05) is 6.42 Å². The smallest absolute Gasteiger partial charge is 0.338 e. The van der Waals surface area contributed by atoms with Crippen molar-refractivity contribution < 1.29 is 17.7 Å². The van der Waals surface area contributed by atoms with Crippen LogP contribution in [-0.2, 0) is 6.42 Å². The lowest BCUT2D eigenvalue weighted by Crippen LogP contribution is -2.09. The van der Waals surface area contributed by atoms with Gasteiger partial charge in [-0.05, 0) is 6.92 Å². The molecule has 0 fully saturated rings. The molecule has 4 nitrogen and oxygen atoms in total. The Hall–Kier alpha value is -1.11. The van der Waals surface area contributed by atoms with Crippen molar-refractivity contribution in [3.63, 3.8) is 0 Å². The van der Waals surface area contributed by atoms with E-state index in [1.165, 1.54) is 0 Å². The molecule has 1 atom stereocenters. The highest BCUT2D eigenvalue weighted by atomic mass is 19.4. The van der Waals surface area contributed by atoms with E-state index in [-0.39, 0.29) is 18.1 Å². The zero-order valence-electron chi connectivity index (χ0n) is 7.51. The van der Waals surface area contributed by atoms with Crippen molar-refractivity contribution in [2.24, 2.45) is 5.73 Å². The Balaban J connectivity index is 2.52. The van der Waals surface area contributed by atoms with E-state index >= 15 is 0 Å². The largest absolute Gasteiger partial charge is 0.389 e. The molecule has 0 radical (unpaired) electrons. The SMILES string of the molecule is C[C@H](N)c1nc(CCC(F)(F)F)no1. The minimum Gasteiger partial charge on any atom is -0.338 e. The number of hydrogen-bond acceptors (Lipinski definition) is 4. The van der Waals surface area contributed by atoms with Crippen molar-refractivity contribution in [3.05, 3.63) is 11.7 Å². The molecular weight excluding hydrogens is 199 g/mol. The summed E-state index contributed by atoms with van der Waals surface area (Å²) < 4.78 is 40.0. The van der Waals surface area contributed by atoms with Gasteiger partial charge in [-0.2, -0.15) is 18.2 Å². The van der Waals surface area contributed by atoms with E-state index in [2.05, 4.69) is 14.7 Å². The van der Waals surface area contributed by atoms with Gasteiger partial charge in [0.25, 0.3) is 0 Å². The topological polar surface area (TPSA) is 64.9 Å². The molecule has 80 valence electrons. The second kappa shape index (κ2) is 3.95. The highest BCUT2D eigenvalue weighted by Crippen LogP contribution is 2.21. The van der Waals surface area contributed by atoms with Crippen LogP contribution in [0.25, 0.3) is 0 Å². The Morgan fingerprint density at radius 2 is 2.14 bits per heavy atom. The summed E-state index contributed by atoms with van der Waals surface area (Å²) in [6.45, 7) is 1.61. The minimum absolute atomic E-state index is 0.0367. The summed E-state index contributed by atoms with van der Waals surface area (Å²) in [5, 5.41) is 3.37. The summed E-state index contributed by atoms with van der Waals surface area (Å²) in [4.78, 5) is 3.71. The van der Waals surface area contributed by atoms with Crippen LogP contribution in [0.4, 0.5) is 13.2 Å². The normalized spacial score (nSPS) is 14.4. The van der Waals surface area contributed by atoms with Gasteiger partial charge in [-0.25, -0.2) is 0 Å². The highest BCUT2D eigenvalue weighted by molar-refractivity contribution is 4.90. The molecule has 0 amide bonds. The molecule has 0 saturated carbocycles. The second-order valence-electron chi connectivity index (χ2n) is 2.95. The van der Waals surface area contributed by atoms with Crippen molar-refractivity contribution in [1.29, 1.82) is 0 Å². The van der Waals surface area contributed by atoms with Crippen LogP contribution < -0.4 is 5.73 Å². The molecular formula is C7H10F3N3O. The molecule has 1 heterocycles. The Morgan fingerprint density at radius 1 is 1.50 bits per heavy atom. The minimum atomic E-state index is -4.20. The maximum atomic E-state index is 11.8. The van der Waals surface area contributed by atoms with Gasteiger partial charge in [-0.15, -0.1) is 0 Å². The molecule has 0 aromatic carbocycles. The lowest BCUT2D eigenvalue weighted by Gasteiger charge is -2.01. The number of alkyl halides is 3. The van der Waals surface area contributed by atoms with Crippen LogP contribution in [0.15, 0.2) is 4.52 Å². The lowest BCUT2D eigenvalue weighted by atomic mass is 10.3. The number of aryl methyl sites for hydroxylation is 1. The lowest BCUT2D eigenvalue weighted by molar-refractivity contribution is -0.134. The van der Waals surface area contributed by atoms with E-state index in [0.29, 0.717) is 0 Å². The molecule has 1 aromatic heterocycles. The first-order valence-corrected chi connectivity index (χ1v) is 4.03. The van der Waals surface area contributed by atoms with Crippen LogP contribution in [-0.4, -0.2) is 16.3 Å². The standard InChI is InChI=1S/C7H10F3N3O/c1-4(11)6-12-5(13-14-6)2-3-7(8,9)10/h4H,2-3,11H2,1H3/t4-/m0/s1. The predicted octanol–water partition coefficient (Wildman–Crippen LogP) is 1.58. The fraction of sp³-hybridized carbons (Fsp3) is 0.714. The van der Waals surface area contributed by atoms with Crippen LogP contribution in [0.3, 0.4) is 0 Å². The summed E-state index contributed by atoms with van der Waals surface area (Å²) in [6.07, 6.45) is -5.43. The summed E-state index contributed by atoms with van der Waals surface area (Å²) >= 11 is 0. The van der Waals surface area contributed by atoms with Crippen molar-refractivity contribution in [3.8, 4) is 0 Å². The van der Waals surface area contributed by atoms with Gasteiger partial charge in [-0.1, -0.05) is 5.16 Å². The molecule has 0 spiro atoms. The number of nitrogens with two attached hydrogens (primary N) is 1. The van der Waals surface area contributed by atoms with E-state index in [9.17, 15) is 13.2 Å². The summed E-state index contributed by atoms with van der Waals surface area (Å²) in [6, 6.07) is -0.456. The third-order valence-corrected chi connectivity index (χ3v) is 1.51. The van der Waals surface area contributed by atoms with E-state index in [1.807, 2.05) is 0 Å². The van der Waals surface area contributed by atoms with Crippen LogP contribution in [0, 0.1) is 0 Å². The van der Waals surface area contributed by atoms with Crippen LogP contribution in [0.5, 0.6) is 0 Å². The summed E-state index contributed by atoms with van der Waals surface area (Å²) in [5.74, 6) is 0.191. The molecule has 0 aliphatic heterocycles. The highest BCUT2D eigenvalue weighted by Gasteiger charge is 2.27. The van der Waals surface area contributed by atoms with Crippen LogP contribution >= 0.6 is 0 Å².